The first-order chi connectivity index (χ1) is 10.1. The van der Waals surface area contributed by atoms with Gasteiger partial charge in [-0.05, 0) is 30.9 Å². The van der Waals surface area contributed by atoms with Gasteiger partial charge < -0.3 is 10.6 Å². The van der Waals surface area contributed by atoms with Crippen LogP contribution in [0, 0.1) is 18.8 Å². The summed E-state index contributed by atoms with van der Waals surface area (Å²) >= 11 is 0. The number of aryl methyl sites for hydroxylation is 1. The summed E-state index contributed by atoms with van der Waals surface area (Å²) in [6.07, 6.45) is 2.73. The molecule has 21 heavy (non-hydrogen) atoms. The number of rotatable bonds is 7. The maximum atomic E-state index is 12.0. The van der Waals surface area contributed by atoms with Crippen molar-refractivity contribution in [2.24, 2.45) is 11.8 Å². The molecule has 2 unspecified atom stereocenters. The van der Waals surface area contributed by atoms with Gasteiger partial charge in [0.05, 0.1) is 11.8 Å². The number of nitrogens with one attached hydrogen (secondary N) is 2. The Bertz CT molecular complexity index is 513. The third kappa shape index (κ3) is 4.31. The van der Waals surface area contributed by atoms with Gasteiger partial charge in [-0.15, -0.1) is 0 Å². The molecule has 0 heterocycles. The lowest BCUT2D eigenvalue weighted by Crippen LogP contribution is -2.30. The van der Waals surface area contributed by atoms with E-state index in [1.807, 2.05) is 31.2 Å². The van der Waals surface area contributed by atoms with E-state index in [1.165, 1.54) is 5.56 Å². The lowest BCUT2D eigenvalue weighted by Gasteiger charge is -2.08. The Labute approximate surface area is 126 Å². The van der Waals surface area contributed by atoms with Gasteiger partial charge in [0.15, 0.2) is 0 Å². The molecule has 0 spiro atoms. The van der Waals surface area contributed by atoms with Crippen molar-refractivity contribution in [1.29, 1.82) is 0 Å². The minimum Gasteiger partial charge on any atom is -0.356 e. The maximum Gasteiger partial charge on any atom is 0.224 e. The van der Waals surface area contributed by atoms with Crippen LogP contribution in [0.5, 0.6) is 0 Å². The molecule has 1 fully saturated rings. The topological polar surface area (TPSA) is 58.2 Å². The van der Waals surface area contributed by atoms with Crippen molar-refractivity contribution in [2.75, 3.05) is 6.54 Å². The van der Waals surface area contributed by atoms with E-state index in [0.29, 0.717) is 19.5 Å². The predicted molar refractivity (Wildman–Crippen MR) is 82.5 cm³/mol. The highest BCUT2D eigenvalue weighted by Crippen LogP contribution is 2.38. The maximum absolute atomic E-state index is 12.0. The van der Waals surface area contributed by atoms with Gasteiger partial charge in [-0.3, -0.25) is 9.59 Å². The van der Waals surface area contributed by atoms with Crippen LogP contribution in [0.2, 0.25) is 0 Å². The Balaban J connectivity index is 1.73. The Morgan fingerprint density at radius 1 is 1.14 bits per heavy atom. The van der Waals surface area contributed by atoms with E-state index in [-0.39, 0.29) is 23.7 Å². The molecule has 2 N–H and O–H groups in total. The normalized spacial score (nSPS) is 19.9. The Morgan fingerprint density at radius 2 is 1.81 bits per heavy atom. The van der Waals surface area contributed by atoms with Gasteiger partial charge in [-0.25, -0.2) is 0 Å². The van der Waals surface area contributed by atoms with Crippen LogP contribution in [0.3, 0.4) is 0 Å². The van der Waals surface area contributed by atoms with Crippen LogP contribution in [-0.2, 0) is 16.1 Å². The molecular weight excluding hydrogens is 264 g/mol. The zero-order valence-corrected chi connectivity index (χ0v) is 12.8. The molecule has 1 aliphatic rings. The smallest absolute Gasteiger partial charge is 0.224 e. The van der Waals surface area contributed by atoms with Crippen molar-refractivity contribution in [3.8, 4) is 0 Å². The first-order valence-electron chi connectivity index (χ1n) is 7.73. The second-order valence-corrected chi connectivity index (χ2v) is 5.74. The minimum atomic E-state index is -0.143. The van der Waals surface area contributed by atoms with Crippen molar-refractivity contribution in [1.82, 2.24) is 10.6 Å². The van der Waals surface area contributed by atoms with Crippen LogP contribution < -0.4 is 10.6 Å². The zero-order valence-electron chi connectivity index (χ0n) is 12.8. The summed E-state index contributed by atoms with van der Waals surface area (Å²) in [7, 11) is 0. The van der Waals surface area contributed by atoms with Crippen molar-refractivity contribution in [3.63, 3.8) is 0 Å². The monoisotopic (exact) mass is 288 g/mol. The minimum absolute atomic E-state index is 0.00565. The Morgan fingerprint density at radius 3 is 2.48 bits per heavy atom. The molecule has 114 valence electrons. The summed E-state index contributed by atoms with van der Waals surface area (Å²) in [5, 5.41) is 5.83. The summed E-state index contributed by atoms with van der Waals surface area (Å²) in [5.74, 6) is -0.247. The summed E-state index contributed by atoms with van der Waals surface area (Å²) in [6, 6.07) is 7.99. The number of hydrogen-bond donors (Lipinski definition) is 2. The molecule has 1 aromatic rings. The van der Waals surface area contributed by atoms with E-state index in [2.05, 4.69) is 17.6 Å². The van der Waals surface area contributed by atoms with Crippen molar-refractivity contribution in [3.05, 3.63) is 35.4 Å². The molecule has 0 bridgehead atoms. The number of benzene rings is 1. The van der Waals surface area contributed by atoms with Gasteiger partial charge in [0, 0.05) is 13.1 Å². The van der Waals surface area contributed by atoms with Gasteiger partial charge >= 0.3 is 0 Å². The van der Waals surface area contributed by atoms with Crippen molar-refractivity contribution in [2.45, 2.75) is 39.7 Å². The van der Waals surface area contributed by atoms with E-state index in [0.717, 1.165) is 18.4 Å². The molecule has 2 amide bonds. The zero-order chi connectivity index (χ0) is 15.2. The molecule has 1 aliphatic carbocycles. The van der Waals surface area contributed by atoms with Crippen molar-refractivity contribution < 1.29 is 9.59 Å². The average molecular weight is 288 g/mol. The molecule has 4 heteroatoms. The number of hydrogen-bond acceptors (Lipinski definition) is 2. The summed E-state index contributed by atoms with van der Waals surface area (Å²) in [6.45, 7) is 5.36. The van der Waals surface area contributed by atoms with Gasteiger partial charge in [-0.1, -0.05) is 37.6 Å². The highest BCUT2D eigenvalue weighted by molar-refractivity contribution is 5.92. The number of unbranched alkanes of at least 4 members (excludes halogenated alkanes) is 1. The van der Waals surface area contributed by atoms with Crippen LogP contribution >= 0.6 is 0 Å². The Kier molecular flexibility index (Phi) is 5.37. The van der Waals surface area contributed by atoms with E-state index in [4.69, 9.17) is 0 Å². The number of carbonyl (C=O) groups is 2. The van der Waals surface area contributed by atoms with Crippen LogP contribution in [-0.4, -0.2) is 18.4 Å². The molecular formula is C17H24N2O2. The molecule has 4 nitrogen and oxygen atoms in total. The molecule has 2 rings (SSSR count). The highest BCUT2D eigenvalue weighted by Gasteiger charge is 2.47. The summed E-state index contributed by atoms with van der Waals surface area (Å²) < 4.78 is 0. The van der Waals surface area contributed by atoms with Crippen LogP contribution in [0.4, 0.5) is 0 Å². The molecule has 0 radical (unpaired) electrons. The lowest BCUT2D eigenvalue weighted by molar-refractivity contribution is -0.127. The largest absolute Gasteiger partial charge is 0.356 e. The molecule has 2 atom stereocenters. The van der Waals surface area contributed by atoms with E-state index in [1.54, 1.807) is 0 Å². The fourth-order valence-electron chi connectivity index (χ4n) is 2.42. The molecule has 1 saturated carbocycles. The predicted octanol–water partition coefficient (Wildman–Crippen LogP) is 2.16. The van der Waals surface area contributed by atoms with Gasteiger partial charge in [0.25, 0.3) is 0 Å². The average Bonchev–Trinajstić information content (AvgIpc) is 3.27. The van der Waals surface area contributed by atoms with Gasteiger partial charge in [0.1, 0.15) is 0 Å². The third-order valence-electron chi connectivity index (χ3n) is 4.01. The summed E-state index contributed by atoms with van der Waals surface area (Å²) in [4.78, 5) is 23.9. The lowest BCUT2D eigenvalue weighted by atomic mass is 10.1. The highest BCUT2D eigenvalue weighted by atomic mass is 16.2. The SMILES string of the molecule is CCCCNC(=O)C1CC1C(=O)NCc1ccccc1C. The molecule has 0 aliphatic heterocycles. The van der Waals surface area contributed by atoms with Gasteiger partial charge in [0.2, 0.25) is 11.8 Å². The second kappa shape index (κ2) is 7.25. The first kappa shape index (κ1) is 15.5. The Hall–Kier alpha value is -1.84. The number of amides is 2. The van der Waals surface area contributed by atoms with Crippen LogP contribution in [0.15, 0.2) is 24.3 Å². The van der Waals surface area contributed by atoms with Crippen molar-refractivity contribution >= 4 is 11.8 Å². The van der Waals surface area contributed by atoms with E-state index >= 15 is 0 Å². The first-order valence-corrected chi connectivity index (χ1v) is 7.73. The van der Waals surface area contributed by atoms with Crippen LogP contribution in [0.25, 0.3) is 0 Å². The molecule has 0 aromatic heterocycles. The standard InChI is InChI=1S/C17H24N2O2/c1-3-4-9-18-16(20)14-10-15(14)17(21)19-11-13-8-6-5-7-12(13)2/h5-8,14-15H,3-4,9-11H2,1-2H3,(H,18,20)(H,19,21). The fraction of sp³-hybridized carbons (Fsp3) is 0.529. The van der Waals surface area contributed by atoms with Gasteiger partial charge in [-0.2, -0.15) is 0 Å². The summed E-state index contributed by atoms with van der Waals surface area (Å²) in [5.41, 5.74) is 2.29. The fourth-order valence-corrected chi connectivity index (χ4v) is 2.42. The quantitative estimate of drug-likeness (QED) is 0.755. The molecule has 0 saturated heterocycles. The van der Waals surface area contributed by atoms with E-state index in [9.17, 15) is 9.59 Å². The second-order valence-electron chi connectivity index (χ2n) is 5.74. The number of carbonyl (C=O) groups excluding carboxylic acids is 2. The third-order valence-corrected chi connectivity index (χ3v) is 4.01. The van der Waals surface area contributed by atoms with Crippen LogP contribution in [0.1, 0.15) is 37.3 Å². The van der Waals surface area contributed by atoms with E-state index < -0.39 is 0 Å². The molecule has 1 aromatic carbocycles.